The number of amides is 3. The number of carbonyl (C=O) groups excluding carboxylic acids is 3. The van der Waals surface area contributed by atoms with Gasteiger partial charge in [-0.2, -0.15) is 13.2 Å². The Morgan fingerprint density at radius 1 is 1.05 bits per heavy atom. The molecule has 13 heteroatoms. The lowest BCUT2D eigenvalue weighted by Crippen LogP contribution is -2.57. The molecular formula is C29H25ClF5N3O4. The van der Waals surface area contributed by atoms with Gasteiger partial charge in [-0.25, -0.2) is 8.78 Å². The zero-order valence-electron chi connectivity index (χ0n) is 22.3. The van der Waals surface area contributed by atoms with Crippen LogP contribution in [0.2, 0.25) is 5.02 Å². The second-order valence-electron chi connectivity index (χ2n) is 9.80. The Bertz CT molecular complexity index is 1510. The lowest BCUT2D eigenvalue weighted by Gasteiger charge is -2.29. The first-order valence-corrected chi connectivity index (χ1v) is 13.1. The summed E-state index contributed by atoms with van der Waals surface area (Å²) in [6, 6.07) is 8.21. The van der Waals surface area contributed by atoms with E-state index in [9.17, 15) is 36.3 Å². The maximum absolute atomic E-state index is 13.9. The molecule has 0 aromatic heterocycles. The minimum absolute atomic E-state index is 0.0747. The molecular weight excluding hydrogens is 585 g/mol. The van der Waals surface area contributed by atoms with Gasteiger partial charge in [0.05, 0.1) is 16.8 Å². The molecule has 2 atom stereocenters. The van der Waals surface area contributed by atoms with Gasteiger partial charge in [0, 0.05) is 23.6 Å². The highest BCUT2D eigenvalue weighted by Crippen LogP contribution is 2.34. The van der Waals surface area contributed by atoms with Crippen LogP contribution in [0, 0.1) is 11.6 Å². The third-order valence-electron chi connectivity index (χ3n) is 6.49. The Kier molecular flexibility index (Phi) is 9.05. The lowest BCUT2D eigenvalue weighted by molar-refractivity contribution is -0.138. The summed E-state index contributed by atoms with van der Waals surface area (Å²) in [7, 11) is 0. The molecule has 1 heterocycles. The normalized spacial score (nSPS) is 15.9. The van der Waals surface area contributed by atoms with E-state index in [2.05, 4.69) is 10.6 Å². The van der Waals surface area contributed by atoms with E-state index in [1.54, 1.807) is 32.0 Å². The molecule has 1 unspecified atom stereocenters. The van der Waals surface area contributed by atoms with Crippen LogP contribution in [-0.4, -0.2) is 42.5 Å². The van der Waals surface area contributed by atoms with Gasteiger partial charge in [-0.1, -0.05) is 29.8 Å². The number of nitrogens with zero attached hydrogens (tertiary/aromatic N) is 1. The Hall–Kier alpha value is -4.19. The topological polar surface area (TPSA) is 87.7 Å². The van der Waals surface area contributed by atoms with Crippen LogP contribution in [0.15, 0.2) is 60.7 Å². The van der Waals surface area contributed by atoms with Crippen molar-refractivity contribution >= 4 is 35.0 Å². The Balaban J connectivity index is 1.64. The van der Waals surface area contributed by atoms with Crippen LogP contribution in [0.25, 0.3) is 0 Å². The zero-order chi connectivity index (χ0) is 30.8. The SMILES string of the molecule is CC(C)N1C(=O)[C@H](NC(=O)C(Cc2ccccc2Cl)NC(=O)c2ccc(F)cc2C(F)(F)F)COc2cc(F)ccc21. The van der Waals surface area contributed by atoms with Crippen LogP contribution in [-0.2, 0) is 22.2 Å². The van der Waals surface area contributed by atoms with Crippen molar-refractivity contribution < 1.29 is 41.1 Å². The summed E-state index contributed by atoms with van der Waals surface area (Å²) >= 11 is 6.24. The molecule has 42 heavy (non-hydrogen) atoms. The van der Waals surface area contributed by atoms with Crippen molar-refractivity contribution in [2.75, 3.05) is 11.5 Å². The van der Waals surface area contributed by atoms with Crippen molar-refractivity contribution in [1.82, 2.24) is 10.6 Å². The smallest absolute Gasteiger partial charge is 0.417 e. The van der Waals surface area contributed by atoms with E-state index < -0.39 is 71.4 Å². The monoisotopic (exact) mass is 609 g/mol. The third kappa shape index (κ3) is 6.81. The molecule has 2 N–H and O–H groups in total. The summed E-state index contributed by atoms with van der Waals surface area (Å²) in [4.78, 5) is 41.4. The van der Waals surface area contributed by atoms with E-state index in [-0.39, 0.29) is 28.9 Å². The first-order chi connectivity index (χ1) is 19.8. The molecule has 1 aliphatic heterocycles. The van der Waals surface area contributed by atoms with Crippen molar-refractivity contribution in [2.45, 2.75) is 44.6 Å². The number of alkyl halides is 3. The predicted octanol–water partition coefficient (Wildman–Crippen LogP) is 5.30. The van der Waals surface area contributed by atoms with E-state index in [4.69, 9.17) is 16.3 Å². The lowest BCUT2D eigenvalue weighted by atomic mass is 10.0. The second-order valence-corrected chi connectivity index (χ2v) is 10.2. The Morgan fingerprint density at radius 2 is 1.71 bits per heavy atom. The van der Waals surface area contributed by atoms with Gasteiger partial charge in [0.15, 0.2) is 0 Å². The number of carbonyl (C=O) groups is 3. The van der Waals surface area contributed by atoms with Gasteiger partial charge in [-0.05, 0) is 55.8 Å². The number of anilines is 1. The molecule has 0 saturated carbocycles. The largest absolute Gasteiger partial charge is 0.489 e. The fraction of sp³-hybridized carbons (Fsp3) is 0.276. The van der Waals surface area contributed by atoms with Crippen LogP contribution in [0.5, 0.6) is 5.75 Å². The maximum atomic E-state index is 13.9. The van der Waals surface area contributed by atoms with Crippen molar-refractivity contribution in [3.05, 3.63) is 94.0 Å². The number of halogens is 6. The number of fused-ring (bicyclic) bond motifs is 1. The molecule has 3 aromatic carbocycles. The van der Waals surface area contributed by atoms with Gasteiger partial charge in [0.2, 0.25) is 5.91 Å². The van der Waals surface area contributed by atoms with E-state index in [1.165, 1.54) is 17.0 Å². The summed E-state index contributed by atoms with van der Waals surface area (Å²) in [5.74, 6) is -4.55. The van der Waals surface area contributed by atoms with Gasteiger partial charge in [0.1, 0.15) is 36.1 Å². The first-order valence-electron chi connectivity index (χ1n) is 12.7. The summed E-state index contributed by atoms with van der Waals surface area (Å²) in [6.45, 7) is 3.01. The van der Waals surface area contributed by atoms with Crippen LogP contribution in [0.3, 0.4) is 0 Å². The average Bonchev–Trinajstić information content (AvgIpc) is 3.04. The van der Waals surface area contributed by atoms with E-state index in [0.29, 0.717) is 17.7 Å². The van der Waals surface area contributed by atoms with Gasteiger partial charge in [-0.3, -0.25) is 14.4 Å². The number of rotatable bonds is 7. The van der Waals surface area contributed by atoms with Crippen molar-refractivity contribution in [3.63, 3.8) is 0 Å². The standard InChI is InChI=1S/C29H25ClF5N3O4/c1-15(2)38-24-10-8-18(32)13-25(24)42-14-23(28(38)41)37-27(40)22(11-16-5-3-4-6-21(16)30)36-26(39)19-9-7-17(31)12-20(19)29(33,34)35/h3-10,12-13,15,22-23H,11,14H2,1-2H3,(H,36,39)(H,37,40)/t22?,23-/m1/s1. The number of ether oxygens (including phenoxy) is 1. The van der Waals surface area contributed by atoms with Crippen molar-refractivity contribution in [3.8, 4) is 5.75 Å². The molecule has 0 spiro atoms. The highest BCUT2D eigenvalue weighted by molar-refractivity contribution is 6.31. The predicted molar refractivity (Wildman–Crippen MR) is 144 cm³/mol. The minimum atomic E-state index is -5.06. The fourth-order valence-corrected chi connectivity index (χ4v) is 4.73. The molecule has 3 aromatic rings. The molecule has 222 valence electrons. The highest BCUT2D eigenvalue weighted by atomic mass is 35.5. The molecule has 0 aliphatic carbocycles. The molecule has 1 aliphatic rings. The molecule has 0 radical (unpaired) electrons. The molecule has 0 saturated heterocycles. The maximum Gasteiger partial charge on any atom is 0.417 e. The average molecular weight is 610 g/mol. The van der Waals surface area contributed by atoms with Gasteiger partial charge < -0.3 is 20.3 Å². The highest BCUT2D eigenvalue weighted by Gasteiger charge is 2.38. The fourth-order valence-electron chi connectivity index (χ4n) is 4.52. The van der Waals surface area contributed by atoms with E-state index in [1.807, 2.05) is 0 Å². The minimum Gasteiger partial charge on any atom is -0.489 e. The number of hydrogen-bond donors (Lipinski definition) is 2. The van der Waals surface area contributed by atoms with E-state index >= 15 is 0 Å². The summed E-state index contributed by atoms with van der Waals surface area (Å²) in [5.41, 5.74) is -1.77. The molecule has 7 nitrogen and oxygen atoms in total. The number of hydrogen-bond acceptors (Lipinski definition) is 4. The van der Waals surface area contributed by atoms with Crippen LogP contribution in [0.4, 0.5) is 27.6 Å². The zero-order valence-corrected chi connectivity index (χ0v) is 23.0. The van der Waals surface area contributed by atoms with Crippen LogP contribution in [0.1, 0.15) is 35.3 Å². The summed E-state index contributed by atoms with van der Waals surface area (Å²) < 4.78 is 73.9. The quantitative estimate of drug-likeness (QED) is 0.356. The molecule has 3 amide bonds. The van der Waals surface area contributed by atoms with Crippen molar-refractivity contribution in [1.29, 1.82) is 0 Å². The molecule has 4 rings (SSSR count). The van der Waals surface area contributed by atoms with E-state index in [0.717, 1.165) is 12.1 Å². The Labute approximate surface area is 242 Å². The number of benzene rings is 3. The Morgan fingerprint density at radius 3 is 2.38 bits per heavy atom. The first kappa shape index (κ1) is 30.8. The van der Waals surface area contributed by atoms with Gasteiger partial charge in [0.25, 0.3) is 11.8 Å². The summed E-state index contributed by atoms with van der Waals surface area (Å²) in [5, 5.41) is 5.00. The van der Waals surface area contributed by atoms with Crippen LogP contribution >= 0.6 is 11.6 Å². The summed E-state index contributed by atoms with van der Waals surface area (Å²) in [6.07, 6.45) is -5.32. The molecule has 0 fully saturated rings. The van der Waals surface area contributed by atoms with Gasteiger partial charge >= 0.3 is 6.18 Å². The van der Waals surface area contributed by atoms with Crippen LogP contribution < -0.4 is 20.3 Å². The number of nitrogens with one attached hydrogen (secondary N) is 2. The second kappa shape index (κ2) is 12.4. The van der Waals surface area contributed by atoms with Crippen molar-refractivity contribution in [2.24, 2.45) is 0 Å². The van der Waals surface area contributed by atoms with Gasteiger partial charge in [-0.15, -0.1) is 0 Å². The third-order valence-corrected chi connectivity index (χ3v) is 6.86. The molecule has 0 bridgehead atoms.